The molecular formula is C20H19F5N4O3. The Kier molecular flexibility index (Phi) is 4.52. The minimum atomic E-state index is -4.73. The molecule has 2 amide bonds. The van der Waals surface area contributed by atoms with Gasteiger partial charge in [0.15, 0.2) is 17.4 Å². The number of aromatic nitrogens is 2. The second-order valence-corrected chi connectivity index (χ2v) is 7.88. The Bertz CT molecular complexity index is 1200. The van der Waals surface area contributed by atoms with E-state index in [2.05, 4.69) is 15.3 Å². The van der Waals surface area contributed by atoms with Gasteiger partial charge in [0.2, 0.25) is 0 Å². The minimum absolute atomic E-state index is 0. The van der Waals surface area contributed by atoms with Gasteiger partial charge in [-0.1, -0.05) is 0 Å². The molecule has 0 bridgehead atoms. The van der Waals surface area contributed by atoms with Crippen molar-refractivity contribution in [3.8, 4) is 11.5 Å². The molecule has 0 aliphatic carbocycles. The van der Waals surface area contributed by atoms with Gasteiger partial charge < -0.3 is 24.7 Å². The number of anilines is 1. The summed E-state index contributed by atoms with van der Waals surface area (Å²) in [4.78, 5) is 19.9. The number of halogens is 5. The number of rotatable bonds is 3. The number of urea groups is 1. The summed E-state index contributed by atoms with van der Waals surface area (Å²) in [5, 5.41) is 1.95. The molecule has 12 heteroatoms. The zero-order valence-electron chi connectivity index (χ0n) is 16.2. The Morgan fingerprint density at radius 3 is 2.53 bits per heavy atom. The smallest absolute Gasteiger partial charge is 0.418 e. The second kappa shape index (κ2) is 7.05. The van der Waals surface area contributed by atoms with Gasteiger partial charge >= 0.3 is 12.2 Å². The maximum Gasteiger partial charge on any atom is 0.418 e. The summed E-state index contributed by atoms with van der Waals surface area (Å²) < 4.78 is 79.3. The molecule has 2 aliphatic rings. The van der Waals surface area contributed by atoms with Crippen LogP contribution >= 0.6 is 0 Å². The standard InChI is InChI=1S/C20H15F5N4O3.2H2/c21-12-3-10(28-18(30)29-6-19(7-29)8-31-9-19)4-13(22)16(12)32-14-1-2-26-17-15(14)11(5-27-17)20(23,24)25;;/h1-5H,6-9H2,(H,26,27)(H,28,30);2*1H. The minimum Gasteiger partial charge on any atom is -0.450 e. The second-order valence-electron chi connectivity index (χ2n) is 7.88. The van der Waals surface area contributed by atoms with Crippen LogP contribution in [0.4, 0.5) is 32.4 Å². The van der Waals surface area contributed by atoms with Crippen LogP contribution in [-0.2, 0) is 10.9 Å². The molecular weight excluding hydrogens is 439 g/mol. The number of H-pyrrole nitrogens is 1. The van der Waals surface area contributed by atoms with Crippen molar-refractivity contribution in [1.29, 1.82) is 0 Å². The Balaban J connectivity index is 0.00000162. The largest absolute Gasteiger partial charge is 0.450 e. The van der Waals surface area contributed by atoms with Gasteiger partial charge in [0.1, 0.15) is 11.4 Å². The average Bonchev–Trinajstić information content (AvgIpc) is 3.07. The highest BCUT2D eigenvalue weighted by Crippen LogP contribution is 2.41. The van der Waals surface area contributed by atoms with Crippen molar-refractivity contribution in [2.75, 3.05) is 31.6 Å². The molecule has 172 valence electrons. The van der Waals surface area contributed by atoms with Gasteiger partial charge in [-0.25, -0.2) is 18.6 Å². The van der Waals surface area contributed by atoms with Gasteiger partial charge in [0.25, 0.3) is 0 Å². The van der Waals surface area contributed by atoms with Gasteiger partial charge in [-0.3, -0.25) is 0 Å². The molecule has 5 rings (SSSR count). The molecule has 0 saturated carbocycles. The van der Waals surface area contributed by atoms with Gasteiger partial charge in [-0.05, 0) is 6.07 Å². The number of nitrogens with one attached hydrogen (secondary N) is 2. The van der Waals surface area contributed by atoms with Crippen molar-refractivity contribution in [1.82, 2.24) is 14.9 Å². The molecule has 3 aromatic rings. The lowest BCUT2D eigenvalue weighted by molar-refractivity contribution is -0.174. The van der Waals surface area contributed by atoms with Crippen molar-refractivity contribution in [3.63, 3.8) is 0 Å². The van der Waals surface area contributed by atoms with Crippen molar-refractivity contribution in [2.45, 2.75) is 6.18 Å². The maximum absolute atomic E-state index is 14.6. The van der Waals surface area contributed by atoms with Crippen LogP contribution in [0.1, 0.15) is 8.42 Å². The monoisotopic (exact) mass is 458 g/mol. The van der Waals surface area contributed by atoms with Crippen LogP contribution in [0.25, 0.3) is 11.0 Å². The molecule has 1 spiro atoms. The zero-order valence-corrected chi connectivity index (χ0v) is 16.2. The van der Waals surface area contributed by atoms with Crippen molar-refractivity contribution >= 4 is 22.8 Å². The highest BCUT2D eigenvalue weighted by Gasteiger charge is 2.50. The summed E-state index contributed by atoms with van der Waals surface area (Å²) in [5.74, 6) is -3.71. The quantitative estimate of drug-likeness (QED) is 0.541. The molecule has 0 unspecified atom stereocenters. The number of alkyl halides is 3. The lowest BCUT2D eigenvalue weighted by Gasteiger charge is -2.54. The molecule has 1 aromatic carbocycles. The van der Waals surface area contributed by atoms with E-state index in [1.54, 1.807) is 0 Å². The van der Waals surface area contributed by atoms with E-state index in [9.17, 15) is 26.7 Å². The normalized spacial score (nSPS) is 17.2. The number of amides is 2. The molecule has 2 fully saturated rings. The van der Waals surface area contributed by atoms with Gasteiger partial charge in [0.05, 0.1) is 29.6 Å². The fourth-order valence-corrected chi connectivity index (χ4v) is 3.86. The highest BCUT2D eigenvalue weighted by molar-refractivity contribution is 5.90. The van der Waals surface area contributed by atoms with Crippen LogP contribution in [0, 0.1) is 17.0 Å². The first-order chi connectivity index (χ1) is 15.2. The van der Waals surface area contributed by atoms with Crippen LogP contribution in [0.3, 0.4) is 0 Å². The molecule has 2 aromatic heterocycles. The lowest BCUT2D eigenvalue weighted by Crippen LogP contribution is -2.67. The number of likely N-dealkylation sites (tertiary alicyclic amines) is 1. The third-order valence-corrected chi connectivity index (χ3v) is 5.46. The van der Waals surface area contributed by atoms with Crippen molar-refractivity contribution in [3.05, 3.63) is 47.8 Å². The summed E-state index contributed by atoms with van der Waals surface area (Å²) in [6.45, 7) is 2.12. The number of fused-ring (bicyclic) bond motifs is 1. The molecule has 2 N–H and O–H groups in total. The number of carbonyl (C=O) groups excluding carboxylic acids is 1. The third kappa shape index (κ3) is 3.40. The van der Waals surface area contributed by atoms with E-state index in [1.165, 1.54) is 4.90 Å². The first-order valence-corrected chi connectivity index (χ1v) is 9.49. The molecule has 32 heavy (non-hydrogen) atoms. The number of carbonyl (C=O) groups is 1. The van der Waals surface area contributed by atoms with Crippen LogP contribution in [0.15, 0.2) is 30.6 Å². The topological polar surface area (TPSA) is 79.5 Å². The van der Waals surface area contributed by atoms with E-state index in [0.717, 1.165) is 24.4 Å². The van der Waals surface area contributed by atoms with Crippen LogP contribution in [0.5, 0.6) is 11.5 Å². The number of hydrogen-bond acceptors (Lipinski definition) is 4. The number of aromatic amines is 1. The summed E-state index contributed by atoms with van der Waals surface area (Å²) in [5.41, 5.74) is -1.40. The molecule has 2 aliphatic heterocycles. The van der Waals surface area contributed by atoms with Crippen molar-refractivity contribution in [2.24, 2.45) is 5.41 Å². The maximum atomic E-state index is 14.6. The Morgan fingerprint density at radius 1 is 1.25 bits per heavy atom. The van der Waals surface area contributed by atoms with Crippen LogP contribution in [0.2, 0.25) is 0 Å². The summed E-state index contributed by atoms with van der Waals surface area (Å²) in [6, 6.07) is 2.22. The van der Waals surface area contributed by atoms with Crippen LogP contribution < -0.4 is 10.1 Å². The Labute approximate surface area is 180 Å². The van der Waals surface area contributed by atoms with E-state index in [0.29, 0.717) is 32.5 Å². The first kappa shape index (κ1) is 20.5. The number of ether oxygens (including phenoxy) is 2. The van der Waals surface area contributed by atoms with Gasteiger partial charge in [-0.15, -0.1) is 0 Å². The molecule has 0 radical (unpaired) electrons. The molecule has 4 heterocycles. The number of benzene rings is 1. The number of pyridine rings is 1. The summed E-state index contributed by atoms with van der Waals surface area (Å²) >= 11 is 0. The number of nitrogens with zero attached hydrogens (tertiary/aromatic N) is 2. The lowest BCUT2D eigenvalue weighted by atomic mass is 9.78. The fraction of sp³-hybridized carbons (Fsp3) is 0.300. The predicted octanol–water partition coefficient (Wildman–Crippen LogP) is 5.01. The van der Waals surface area contributed by atoms with Gasteiger partial charge in [-0.2, -0.15) is 13.2 Å². The van der Waals surface area contributed by atoms with E-state index in [1.807, 2.05) is 0 Å². The molecule has 2 saturated heterocycles. The van der Waals surface area contributed by atoms with Crippen molar-refractivity contribution < 1.29 is 39.1 Å². The van der Waals surface area contributed by atoms with Gasteiger partial charge in [0, 0.05) is 46.2 Å². The SMILES string of the molecule is O=C(Nc1cc(F)c(Oc2ccnc3[nH]cc(C(F)(F)F)c23)c(F)c1)N1CC2(COC2)C1.[HH].[HH]. The third-order valence-electron chi connectivity index (χ3n) is 5.46. The summed E-state index contributed by atoms with van der Waals surface area (Å²) in [6.07, 6.45) is -2.89. The molecule has 7 nitrogen and oxygen atoms in total. The average molecular weight is 458 g/mol. The van der Waals surface area contributed by atoms with E-state index < -0.39 is 46.3 Å². The van der Waals surface area contributed by atoms with E-state index in [4.69, 9.17) is 9.47 Å². The Hall–Kier alpha value is -3.41. The molecule has 0 atom stereocenters. The predicted molar refractivity (Wildman–Crippen MR) is 106 cm³/mol. The van der Waals surface area contributed by atoms with E-state index in [-0.39, 0.29) is 19.6 Å². The van der Waals surface area contributed by atoms with E-state index >= 15 is 0 Å². The number of hydrogen-bond donors (Lipinski definition) is 2. The summed E-state index contributed by atoms with van der Waals surface area (Å²) in [7, 11) is 0. The first-order valence-electron chi connectivity index (χ1n) is 9.49. The fourth-order valence-electron chi connectivity index (χ4n) is 3.86. The van der Waals surface area contributed by atoms with Crippen LogP contribution in [-0.4, -0.2) is 47.2 Å². The highest BCUT2D eigenvalue weighted by atomic mass is 19.4. The zero-order chi connectivity index (χ0) is 22.7. The Morgan fingerprint density at radius 2 is 1.94 bits per heavy atom.